The maximum absolute atomic E-state index is 10.9. The van der Waals surface area contributed by atoms with Gasteiger partial charge in [0.15, 0.2) is 0 Å². The fraction of sp³-hybridized carbons (Fsp3) is 0.125. The number of para-hydroxylation sites is 2. The van der Waals surface area contributed by atoms with E-state index in [1.807, 2.05) is 78.9 Å². The molecule has 0 radical (unpaired) electrons. The first-order chi connectivity index (χ1) is 14.7. The number of aromatic nitrogens is 2. The highest BCUT2D eigenvalue weighted by Gasteiger charge is 2.08. The molecule has 7 heteroatoms. The van der Waals surface area contributed by atoms with Crippen LogP contribution in [0.15, 0.2) is 78.9 Å². The molecule has 0 aliphatic carbocycles. The van der Waals surface area contributed by atoms with Crippen molar-refractivity contribution >= 4 is 52.4 Å². The van der Waals surface area contributed by atoms with E-state index < -0.39 is 0 Å². The van der Waals surface area contributed by atoms with Crippen molar-refractivity contribution in [3.8, 4) is 0 Å². The number of carbonyl (C=O) groups is 1. The molecule has 1 heterocycles. The van der Waals surface area contributed by atoms with E-state index in [0.717, 1.165) is 33.7 Å². The van der Waals surface area contributed by atoms with Gasteiger partial charge in [-0.3, -0.25) is 4.79 Å². The van der Waals surface area contributed by atoms with Crippen LogP contribution >= 0.6 is 12.4 Å². The predicted octanol–water partition coefficient (Wildman–Crippen LogP) is 5.64. The van der Waals surface area contributed by atoms with Crippen LogP contribution in [0.5, 0.6) is 0 Å². The van der Waals surface area contributed by atoms with Gasteiger partial charge in [-0.15, -0.1) is 12.4 Å². The van der Waals surface area contributed by atoms with E-state index in [-0.39, 0.29) is 18.4 Å². The summed E-state index contributed by atoms with van der Waals surface area (Å²) in [5.74, 6) is 0.994. The lowest BCUT2D eigenvalue weighted by Gasteiger charge is -2.12. The lowest BCUT2D eigenvalue weighted by molar-refractivity contribution is -0.140. The average Bonchev–Trinajstić information content (AvgIpc) is 2.75. The molecule has 4 aromatic rings. The molecule has 0 spiro atoms. The van der Waals surface area contributed by atoms with E-state index in [4.69, 9.17) is 9.72 Å². The van der Waals surface area contributed by atoms with Gasteiger partial charge in [-0.05, 0) is 42.0 Å². The monoisotopic (exact) mass is 434 g/mol. The summed E-state index contributed by atoms with van der Waals surface area (Å²) in [5.41, 5.74) is 3.79. The Hall–Kier alpha value is -3.64. The van der Waals surface area contributed by atoms with Gasteiger partial charge in [-0.25, -0.2) is 4.98 Å². The maximum atomic E-state index is 10.9. The minimum absolute atomic E-state index is 0. The van der Waals surface area contributed by atoms with Gasteiger partial charge in [0.1, 0.15) is 5.82 Å². The third-order valence-electron chi connectivity index (χ3n) is 4.55. The zero-order chi connectivity index (χ0) is 20.8. The number of nitrogens with one attached hydrogen (secondary N) is 2. The Morgan fingerprint density at radius 2 is 1.52 bits per heavy atom. The molecular formula is C24H23ClN4O2. The van der Waals surface area contributed by atoms with Crippen LogP contribution in [0, 0.1) is 0 Å². The molecule has 31 heavy (non-hydrogen) atoms. The summed E-state index contributed by atoms with van der Waals surface area (Å²) in [7, 11) is 0. The first-order valence-electron chi connectivity index (χ1n) is 9.75. The highest BCUT2D eigenvalue weighted by atomic mass is 35.5. The van der Waals surface area contributed by atoms with Gasteiger partial charge in [0.2, 0.25) is 5.95 Å². The number of rotatable bonds is 7. The van der Waals surface area contributed by atoms with Gasteiger partial charge in [0.05, 0.1) is 12.1 Å². The fourth-order valence-electron chi connectivity index (χ4n) is 3.08. The summed E-state index contributed by atoms with van der Waals surface area (Å²) >= 11 is 0. The average molecular weight is 435 g/mol. The van der Waals surface area contributed by atoms with Crippen molar-refractivity contribution < 1.29 is 9.53 Å². The summed E-state index contributed by atoms with van der Waals surface area (Å²) < 4.78 is 4.99. The van der Waals surface area contributed by atoms with Gasteiger partial charge in [-0.1, -0.05) is 42.5 Å². The fourth-order valence-corrected chi connectivity index (χ4v) is 3.08. The molecule has 0 saturated carbocycles. The smallest absolute Gasteiger partial charge is 0.302 e. The number of anilines is 4. The Kier molecular flexibility index (Phi) is 7.40. The predicted molar refractivity (Wildman–Crippen MR) is 127 cm³/mol. The minimum atomic E-state index is -0.262. The molecule has 0 saturated heterocycles. The number of esters is 1. The van der Waals surface area contributed by atoms with E-state index in [0.29, 0.717) is 19.0 Å². The first kappa shape index (κ1) is 22.1. The molecule has 0 aliphatic rings. The van der Waals surface area contributed by atoms with Crippen molar-refractivity contribution in [3.05, 3.63) is 84.4 Å². The van der Waals surface area contributed by atoms with Gasteiger partial charge >= 0.3 is 5.97 Å². The number of hydrogen-bond acceptors (Lipinski definition) is 6. The number of ether oxygens (including phenoxy) is 1. The molecule has 2 N–H and O–H groups in total. The van der Waals surface area contributed by atoms with Crippen LogP contribution < -0.4 is 10.6 Å². The quantitative estimate of drug-likeness (QED) is 0.366. The lowest BCUT2D eigenvalue weighted by atomic mass is 10.1. The van der Waals surface area contributed by atoms with Crippen molar-refractivity contribution in [1.82, 2.24) is 9.97 Å². The molecule has 158 valence electrons. The molecule has 0 aliphatic heterocycles. The topological polar surface area (TPSA) is 76.1 Å². The number of halogens is 1. The number of benzene rings is 3. The van der Waals surface area contributed by atoms with Crippen LogP contribution in [-0.4, -0.2) is 22.5 Å². The molecule has 0 unspecified atom stereocenters. The Bertz CT molecular complexity index is 1150. The second-order valence-electron chi connectivity index (χ2n) is 6.82. The van der Waals surface area contributed by atoms with Gasteiger partial charge < -0.3 is 15.4 Å². The lowest BCUT2D eigenvalue weighted by Crippen LogP contribution is -2.04. The van der Waals surface area contributed by atoms with Crippen molar-refractivity contribution in [2.45, 2.75) is 13.3 Å². The summed E-state index contributed by atoms with van der Waals surface area (Å²) in [5, 5.41) is 7.61. The zero-order valence-corrected chi connectivity index (χ0v) is 17.9. The molecule has 3 aromatic carbocycles. The number of hydrogen-bond donors (Lipinski definition) is 2. The molecule has 0 bridgehead atoms. The second-order valence-corrected chi connectivity index (χ2v) is 6.82. The molecule has 0 fully saturated rings. The SMILES string of the molecule is CC(=O)OCCc1ccc(Nc2nc(Nc3ccccc3)c3ccccc3n2)cc1.Cl. The van der Waals surface area contributed by atoms with Crippen molar-refractivity contribution in [2.75, 3.05) is 17.2 Å². The van der Waals surface area contributed by atoms with Gasteiger partial charge in [0, 0.05) is 30.1 Å². The van der Waals surface area contributed by atoms with Crippen molar-refractivity contribution in [3.63, 3.8) is 0 Å². The van der Waals surface area contributed by atoms with Crippen LogP contribution in [-0.2, 0) is 16.0 Å². The Morgan fingerprint density at radius 1 is 0.839 bits per heavy atom. The standard InChI is InChI=1S/C24H22N4O2.ClH/c1-17(29)30-16-15-18-11-13-20(14-12-18)26-24-27-22-10-6-5-9-21(22)23(28-24)25-19-7-3-2-4-8-19;/h2-14H,15-16H2,1H3,(H2,25,26,27,28);1H. The molecule has 6 nitrogen and oxygen atoms in total. The summed E-state index contributed by atoms with van der Waals surface area (Å²) in [4.78, 5) is 20.2. The van der Waals surface area contributed by atoms with Crippen LogP contribution in [0.3, 0.4) is 0 Å². The summed E-state index contributed by atoms with van der Waals surface area (Å²) in [6.07, 6.45) is 0.678. The largest absolute Gasteiger partial charge is 0.466 e. The molecule has 1 aromatic heterocycles. The van der Waals surface area contributed by atoms with Gasteiger partial charge in [0.25, 0.3) is 0 Å². The highest BCUT2D eigenvalue weighted by Crippen LogP contribution is 2.26. The Labute approximate surface area is 187 Å². The number of carbonyl (C=O) groups excluding carboxylic acids is 1. The highest BCUT2D eigenvalue weighted by molar-refractivity contribution is 5.92. The number of nitrogens with zero attached hydrogens (tertiary/aromatic N) is 2. The van der Waals surface area contributed by atoms with E-state index >= 15 is 0 Å². The normalized spacial score (nSPS) is 10.2. The first-order valence-corrected chi connectivity index (χ1v) is 9.75. The zero-order valence-electron chi connectivity index (χ0n) is 17.0. The summed E-state index contributed by atoms with van der Waals surface area (Å²) in [6.45, 7) is 1.79. The van der Waals surface area contributed by atoms with E-state index in [1.165, 1.54) is 6.92 Å². The Morgan fingerprint density at radius 3 is 2.26 bits per heavy atom. The number of fused-ring (bicyclic) bond motifs is 1. The third kappa shape index (κ3) is 5.93. The van der Waals surface area contributed by atoms with Crippen LogP contribution in [0.1, 0.15) is 12.5 Å². The van der Waals surface area contributed by atoms with E-state index in [9.17, 15) is 4.79 Å². The molecule has 0 amide bonds. The Balaban J connectivity index is 0.00000272. The molecule has 0 atom stereocenters. The van der Waals surface area contributed by atoms with Crippen LogP contribution in [0.4, 0.5) is 23.1 Å². The summed E-state index contributed by atoms with van der Waals surface area (Å²) in [6, 6.07) is 25.8. The van der Waals surface area contributed by atoms with Crippen molar-refractivity contribution in [2.24, 2.45) is 0 Å². The van der Waals surface area contributed by atoms with E-state index in [1.54, 1.807) is 0 Å². The second kappa shape index (κ2) is 10.4. The molecule has 4 rings (SSSR count). The minimum Gasteiger partial charge on any atom is -0.466 e. The van der Waals surface area contributed by atoms with Crippen molar-refractivity contribution in [1.29, 1.82) is 0 Å². The third-order valence-corrected chi connectivity index (χ3v) is 4.55. The van der Waals surface area contributed by atoms with Gasteiger partial charge in [-0.2, -0.15) is 4.98 Å². The van der Waals surface area contributed by atoms with E-state index in [2.05, 4.69) is 15.6 Å². The van der Waals surface area contributed by atoms with Crippen LogP contribution in [0.2, 0.25) is 0 Å². The molecular weight excluding hydrogens is 412 g/mol. The maximum Gasteiger partial charge on any atom is 0.302 e. The van der Waals surface area contributed by atoms with Crippen LogP contribution in [0.25, 0.3) is 10.9 Å².